The van der Waals surface area contributed by atoms with E-state index in [2.05, 4.69) is 36.1 Å². The average molecular weight is 913 g/mol. The summed E-state index contributed by atoms with van der Waals surface area (Å²) in [6.07, 6.45) is 1.43. The molecule has 344 valence electrons. The predicted octanol–water partition coefficient (Wildman–Crippen LogP) is 1.25. The Kier molecular flexibility index (Phi) is 12.0. The van der Waals surface area contributed by atoms with Crippen molar-refractivity contribution in [3.63, 3.8) is 0 Å². The molecule has 1 unspecified atom stereocenters. The van der Waals surface area contributed by atoms with Crippen molar-refractivity contribution in [3.8, 4) is 0 Å². The van der Waals surface area contributed by atoms with Crippen LogP contribution in [0, 0.1) is 11.6 Å². The Labute approximate surface area is 371 Å². The second-order valence-electron chi connectivity index (χ2n) is 15.6. The summed E-state index contributed by atoms with van der Waals surface area (Å²) in [7, 11) is 3.18. The van der Waals surface area contributed by atoms with E-state index in [-0.39, 0.29) is 97.1 Å². The first kappa shape index (κ1) is 44.5. The number of nitrogens with one attached hydrogen (secondary N) is 3. The molecule has 25 heteroatoms. The van der Waals surface area contributed by atoms with Crippen molar-refractivity contribution >= 4 is 58.5 Å². The van der Waals surface area contributed by atoms with Gasteiger partial charge in [-0.05, 0) is 37.6 Å². The maximum atomic E-state index is 13.4. The summed E-state index contributed by atoms with van der Waals surface area (Å²) < 4.78 is 36.6. The number of anilines is 3. The van der Waals surface area contributed by atoms with E-state index in [4.69, 9.17) is 9.84 Å². The van der Waals surface area contributed by atoms with Gasteiger partial charge in [0.1, 0.15) is 59.0 Å². The SMILES string of the molecule is CCc1cc2n(CC(=O)Nc3ccc(F)cn3)c3c(c(=O)n2n1)CN(C1CN(C(=O)O)C1)C3=O.CNc1cc2n(CC(=O)Nc3ccc(F)cn3)c3c(c(=O)n2n1)CN(C(C)COC)C3=O. The van der Waals surface area contributed by atoms with E-state index in [9.17, 15) is 42.3 Å². The smallest absolute Gasteiger partial charge is 0.407 e. The van der Waals surface area contributed by atoms with Crippen molar-refractivity contribution in [1.29, 1.82) is 0 Å². The maximum Gasteiger partial charge on any atom is 0.407 e. The lowest BCUT2D eigenvalue weighted by Crippen LogP contribution is -2.60. The minimum atomic E-state index is -1.07. The third-order valence-electron chi connectivity index (χ3n) is 11.3. The first-order valence-electron chi connectivity index (χ1n) is 20.5. The third kappa shape index (κ3) is 8.25. The molecule has 9 rings (SSSR count). The highest BCUT2D eigenvalue weighted by Gasteiger charge is 2.44. The number of ether oxygens (including phenoxy) is 1. The normalized spacial score (nSPS) is 14.8. The van der Waals surface area contributed by atoms with Gasteiger partial charge in [-0.3, -0.25) is 28.8 Å². The molecular formula is C41H42F2N14O9. The number of amides is 5. The molecule has 66 heavy (non-hydrogen) atoms. The van der Waals surface area contributed by atoms with Gasteiger partial charge in [-0.15, -0.1) is 5.10 Å². The van der Waals surface area contributed by atoms with Crippen molar-refractivity contribution < 1.29 is 42.6 Å². The number of hydrogen-bond donors (Lipinski definition) is 4. The van der Waals surface area contributed by atoms with Gasteiger partial charge in [0, 0.05) is 39.4 Å². The summed E-state index contributed by atoms with van der Waals surface area (Å²) in [6, 6.07) is 7.57. The van der Waals surface area contributed by atoms with Gasteiger partial charge < -0.3 is 49.6 Å². The fourth-order valence-electron chi connectivity index (χ4n) is 7.97. The number of fused-ring (bicyclic) bond motifs is 4. The Balaban J connectivity index is 0.000000180. The van der Waals surface area contributed by atoms with Crippen LogP contribution in [0.3, 0.4) is 0 Å². The van der Waals surface area contributed by atoms with Crippen LogP contribution in [0.25, 0.3) is 11.3 Å². The number of carboxylic acid groups (broad SMARTS) is 1. The van der Waals surface area contributed by atoms with Crippen molar-refractivity contribution in [2.75, 3.05) is 49.8 Å². The molecule has 0 radical (unpaired) electrons. The number of carbonyl (C=O) groups excluding carboxylic acids is 4. The molecule has 9 heterocycles. The summed E-state index contributed by atoms with van der Waals surface area (Å²) in [5, 5.41) is 25.6. The monoisotopic (exact) mass is 912 g/mol. The molecular weight excluding hydrogens is 871 g/mol. The number of rotatable bonds is 12. The quantitative estimate of drug-likeness (QED) is 0.135. The molecule has 6 aromatic heterocycles. The number of aromatic nitrogens is 8. The van der Waals surface area contributed by atoms with Gasteiger partial charge in [0.25, 0.3) is 22.9 Å². The first-order valence-corrected chi connectivity index (χ1v) is 20.5. The molecule has 0 aliphatic carbocycles. The zero-order chi connectivity index (χ0) is 47.1. The maximum absolute atomic E-state index is 13.4. The van der Waals surface area contributed by atoms with Crippen LogP contribution in [0.1, 0.15) is 51.6 Å². The van der Waals surface area contributed by atoms with Crippen LogP contribution in [-0.4, -0.2) is 134 Å². The van der Waals surface area contributed by atoms with Crippen LogP contribution in [-0.2, 0) is 46.9 Å². The second kappa shape index (κ2) is 17.8. The highest BCUT2D eigenvalue weighted by Crippen LogP contribution is 2.29. The standard InChI is InChI=1S/C21H20FN7O5.C20H22FN7O4/c1-2-12-5-17-28(10-16(30)24-15-4-3-11(22)6-23-15)18-14(19(31)29(17)25-12)9-27(20(18)32)13-7-26(8-13)21(33)34;1-11(10-32-3)26-8-13-18(20(26)31)27(17-6-15(22-2)25-28(17)19(13)30)9-16(29)24-14-5-4-12(21)7-23-14/h3-6,13H,2,7-10H2,1H3,(H,33,34)(H,23,24,30);4-7,11H,8-10H2,1-3H3,(H,22,25)(H,23,24,29). The van der Waals surface area contributed by atoms with Gasteiger partial charge in [0.05, 0.1) is 61.0 Å². The molecule has 0 spiro atoms. The van der Waals surface area contributed by atoms with Crippen LogP contribution in [0.15, 0.2) is 58.4 Å². The highest BCUT2D eigenvalue weighted by atomic mass is 19.1. The molecule has 4 N–H and O–H groups in total. The summed E-state index contributed by atoms with van der Waals surface area (Å²) in [5.41, 5.74) is 0.991. The van der Waals surface area contributed by atoms with Gasteiger partial charge in [-0.1, -0.05) is 6.92 Å². The lowest BCUT2D eigenvalue weighted by molar-refractivity contribution is -0.117. The first-order chi connectivity index (χ1) is 31.6. The molecule has 0 aromatic carbocycles. The van der Waals surface area contributed by atoms with Crippen molar-refractivity contribution in [2.45, 2.75) is 58.5 Å². The van der Waals surface area contributed by atoms with E-state index in [1.807, 2.05) is 13.8 Å². The predicted molar refractivity (Wildman–Crippen MR) is 228 cm³/mol. The van der Waals surface area contributed by atoms with Crippen LogP contribution in [0.2, 0.25) is 0 Å². The van der Waals surface area contributed by atoms with E-state index in [1.54, 1.807) is 19.2 Å². The number of hydrogen-bond acceptors (Lipinski definition) is 13. The van der Waals surface area contributed by atoms with E-state index in [1.165, 1.54) is 58.2 Å². The van der Waals surface area contributed by atoms with Gasteiger partial charge in [-0.25, -0.2) is 23.5 Å². The van der Waals surface area contributed by atoms with Crippen LogP contribution in [0.5, 0.6) is 0 Å². The molecule has 1 atom stereocenters. The highest BCUT2D eigenvalue weighted by molar-refractivity contribution is 6.00. The van der Waals surface area contributed by atoms with Crippen LogP contribution < -0.4 is 27.1 Å². The molecule has 0 bridgehead atoms. The van der Waals surface area contributed by atoms with E-state index >= 15 is 0 Å². The van der Waals surface area contributed by atoms with Gasteiger partial charge in [0.15, 0.2) is 5.82 Å². The van der Waals surface area contributed by atoms with Gasteiger partial charge in [-0.2, -0.15) is 14.1 Å². The van der Waals surface area contributed by atoms with Crippen molar-refractivity contribution in [1.82, 2.24) is 53.0 Å². The number of methoxy groups -OCH3 is 1. The Bertz CT molecular complexity index is 3050. The molecule has 0 saturated carbocycles. The zero-order valence-corrected chi connectivity index (χ0v) is 35.8. The van der Waals surface area contributed by atoms with Gasteiger partial charge >= 0.3 is 6.09 Å². The Morgan fingerprint density at radius 2 is 1.35 bits per heavy atom. The fraction of sp³-hybridized carbons (Fsp3) is 0.341. The van der Waals surface area contributed by atoms with E-state index in [0.29, 0.717) is 30.2 Å². The summed E-state index contributed by atoms with van der Waals surface area (Å²) in [6.45, 7) is 3.78. The van der Waals surface area contributed by atoms with Gasteiger partial charge in [0.2, 0.25) is 11.8 Å². The van der Waals surface area contributed by atoms with E-state index < -0.39 is 46.6 Å². The molecule has 1 fully saturated rings. The number of likely N-dealkylation sites (tertiary alicyclic amines) is 1. The summed E-state index contributed by atoms with van der Waals surface area (Å²) in [5.74, 6) is -2.21. The molecule has 6 aromatic rings. The summed E-state index contributed by atoms with van der Waals surface area (Å²) in [4.78, 5) is 101. The second-order valence-corrected chi connectivity index (χ2v) is 15.6. The topological polar surface area (TPSA) is 265 Å². The zero-order valence-electron chi connectivity index (χ0n) is 35.8. The fourth-order valence-corrected chi connectivity index (χ4v) is 7.97. The summed E-state index contributed by atoms with van der Waals surface area (Å²) >= 11 is 0. The van der Waals surface area contributed by atoms with Crippen molar-refractivity contribution in [3.05, 3.63) is 109 Å². The Hall–Kier alpha value is -8.09. The third-order valence-corrected chi connectivity index (χ3v) is 11.3. The molecule has 1 saturated heterocycles. The molecule has 23 nitrogen and oxygen atoms in total. The molecule has 3 aliphatic rings. The van der Waals surface area contributed by atoms with E-state index in [0.717, 1.165) is 18.5 Å². The number of pyridine rings is 2. The largest absolute Gasteiger partial charge is 0.465 e. The Morgan fingerprint density at radius 3 is 1.86 bits per heavy atom. The number of carbonyl (C=O) groups is 5. The lowest BCUT2D eigenvalue weighted by atomic mass is 10.1. The van der Waals surface area contributed by atoms with Crippen LogP contribution in [0.4, 0.5) is 31.0 Å². The van der Waals surface area contributed by atoms with Crippen molar-refractivity contribution in [2.24, 2.45) is 0 Å². The minimum Gasteiger partial charge on any atom is -0.465 e. The number of halogens is 2. The molecule has 5 amide bonds. The lowest BCUT2D eigenvalue weighted by Gasteiger charge is -2.42. The average Bonchev–Trinajstić information content (AvgIpc) is 4.06. The molecule has 3 aliphatic heterocycles. The number of aryl methyl sites for hydroxylation is 1. The number of nitrogens with zero attached hydrogens (tertiary/aromatic N) is 11. The Morgan fingerprint density at radius 1 is 0.803 bits per heavy atom. The minimum absolute atomic E-state index is 0.00349. The van der Waals surface area contributed by atoms with Crippen LogP contribution >= 0.6 is 0 Å².